The fourth-order valence-corrected chi connectivity index (χ4v) is 1.17. The highest BCUT2D eigenvalue weighted by atomic mass is 35.5. The maximum absolute atomic E-state index is 11.5. The van der Waals surface area contributed by atoms with Gasteiger partial charge in [0.25, 0.3) is 5.91 Å². The van der Waals surface area contributed by atoms with Crippen molar-refractivity contribution in [2.45, 2.75) is 0 Å². The molecule has 0 heterocycles. The third-order valence-electron chi connectivity index (χ3n) is 1.62. The van der Waals surface area contributed by atoms with E-state index in [9.17, 15) is 4.79 Å². The molecule has 0 fully saturated rings. The van der Waals surface area contributed by atoms with Gasteiger partial charge in [0, 0.05) is 14.1 Å². The zero-order chi connectivity index (χ0) is 10.7. The van der Waals surface area contributed by atoms with Gasteiger partial charge in [0.2, 0.25) is 0 Å². The number of carbonyl (C=O) groups is 1. The van der Waals surface area contributed by atoms with E-state index in [-0.39, 0.29) is 5.91 Å². The number of hydrogen-bond donors (Lipinski definition) is 2. The molecule has 5 heteroatoms. The lowest BCUT2D eigenvalue weighted by Gasteiger charge is -2.13. The largest absolute Gasteiger partial charge is 0.397 e. The Morgan fingerprint density at radius 1 is 1.50 bits per heavy atom. The van der Waals surface area contributed by atoms with Crippen molar-refractivity contribution >= 4 is 23.2 Å². The van der Waals surface area contributed by atoms with Crippen LogP contribution in [0.25, 0.3) is 0 Å². The second-order valence-corrected chi connectivity index (χ2v) is 3.44. The van der Waals surface area contributed by atoms with Gasteiger partial charge in [-0.15, -0.1) is 0 Å². The van der Waals surface area contributed by atoms with E-state index in [0.29, 0.717) is 16.3 Å². The number of para-hydroxylation sites is 1. The first-order valence-electron chi connectivity index (χ1n) is 4.04. The number of rotatable bonds is 2. The Morgan fingerprint density at radius 2 is 2.14 bits per heavy atom. The number of carbonyl (C=O) groups excluding carboxylic acids is 1. The molecule has 4 nitrogen and oxygen atoms in total. The zero-order valence-electron chi connectivity index (χ0n) is 8.04. The van der Waals surface area contributed by atoms with E-state index >= 15 is 0 Å². The number of hydrazine groups is 1. The molecule has 76 valence electrons. The van der Waals surface area contributed by atoms with E-state index in [2.05, 4.69) is 5.43 Å². The van der Waals surface area contributed by atoms with E-state index < -0.39 is 0 Å². The van der Waals surface area contributed by atoms with E-state index in [1.54, 1.807) is 37.3 Å². The van der Waals surface area contributed by atoms with Gasteiger partial charge in [0.15, 0.2) is 0 Å². The van der Waals surface area contributed by atoms with E-state index in [1.807, 2.05) is 0 Å². The number of benzene rings is 1. The Labute approximate surface area is 87.6 Å². The molecule has 0 unspecified atom stereocenters. The summed E-state index contributed by atoms with van der Waals surface area (Å²) in [4.78, 5) is 11.5. The van der Waals surface area contributed by atoms with Crippen LogP contribution in [0, 0.1) is 0 Å². The molecule has 1 amide bonds. The van der Waals surface area contributed by atoms with Crippen LogP contribution in [-0.2, 0) is 0 Å². The molecule has 0 spiro atoms. The van der Waals surface area contributed by atoms with Gasteiger partial charge in [-0.2, -0.15) is 0 Å². The summed E-state index contributed by atoms with van der Waals surface area (Å²) in [6.45, 7) is 0. The third-order valence-corrected chi connectivity index (χ3v) is 1.95. The maximum atomic E-state index is 11.5. The smallest absolute Gasteiger partial charge is 0.267 e. The van der Waals surface area contributed by atoms with Crippen molar-refractivity contribution in [1.82, 2.24) is 10.4 Å². The maximum Gasteiger partial charge on any atom is 0.267 e. The minimum Gasteiger partial charge on any atom is -0.397 e. The molecule has 0 aliphatic carbocycles. The summed E-state index contributed by atoms with van der Waals surface area (Å²) >= 11 is 5.78. The summed E-state index contributed by atoms with van der Waals surface area (Å²) < 4.78 is 0. The molecular formula is C9H12ClN3O. The van der Waals surface area contributed by atoms with Crippen LogP contribution in [0.4, 0.5) is 5.69 Å². The summed E-state index contributed by atoms with van der Waals surface area (Å²) in [6, 6.07) is 4.95. The number of anilines is 1. The van der Waals surface area contributed by atoms with Gasteiger partial charge in [-0.25, -0.2) is 5.01 Å². The number of nitrogens with one attached hydrogen (secondary N) is 1. The van der Waals surface area contributed by atoms with Crippen LogP contribution in [0.15, 0.2) is 18.2 Å². The summed E-state index contributed by atoms with van der Waals surface area (Å²) in [5.74, 6) is -0.269. The molecule has 14 heavy (non-hydrogen) atoms. The number of hydrogen-bond acceptors (Lipinski definition) is 3. The van der Waals surface area contributed by atoms with Crippen molar-refractivity contribution < 1.29 is 4.79 Å². The van der Waals surface area contributed by atoms with E-state index in [1.165, 1.54) is 0 Å². The molecule has 0 saturated heterocycles. The van der Waals surface area contributed by atoms with Crippen molar-refractivity contribution in [2.24, 2.45) is 0 Å². The van der Waals surface area contributed by atoms with Gasteiger partial charge in [-0.1, -0.05) is 17.7 Å². The molecule has 1 aromatic rings. The van der Waals surface area contributed by atoms with E-state index in [0.717, 1.165) is 0 Å². The van der Waals surface area contributed by atoms with Crippen molar-refractivity contribution in [2.75, 3.05) is 19.8 Å². The number of amides is 1. The summed E-state index contributed by atoms with van der Waals surface area (Å²) in [5, 5.41) is 1.93. The molecule has 0 aromatic heterocycles. The quantitative estimate of drug-likeness (QED) is 0.572. The number of nitrogen functional groups attached to an aromatic ring is 1. The molecule has 0 saturated carbocycles. The van der Waals surface area contributed by atoms with Gasteiger partial charge in [-0.3, -0.25) is 10.2 Å². The van der Waals surface area contributed by atoms with Crippen LogP contribution >= 0.6 is 11.6 Å². The molecule has 1 rings (SSSR count). The first-order valence-corrected chi connectivity index (χ1v) is 4.42. The molecule has 0 aliphatic heterocycles. The monoisotopic (exact) mass is 213 g/mol. The third kappa shape index (κ3) is 2.37. The Kier molecular flexibility index (Phi) is 3.33. The number of nitrogens with two attached hydrogens (primary N) is 1. The van der Waals surface area contributed by atoms with E-state index in [4.69, 9.17) is 17.3 Å². The number of halogens is 1. The molecule has 1 aromatic carbocycles. The van der Waals surface area contributed by atoms with Crippen molar-refractivity contribution in [3.63, 3.8) is 0 Å². The zero-order valence-corrected chi connectivity index (χ0v) is 8.80. The van der Waals surface area contributed by atoms with Crippen LogP contribution in [-0.4, -0.2) is 25.0 Å². The molecule has 3 N–H and O–H groups in total. The van der Waals surface area contributed by atoms with Gasteiger partial charge in [0.05, 0.1) is 16.3 Å². The number of nitrogens with zero attached hydrogens (tertiary/aromatic N) is 1. The first-order chi connectivity index (χ1) is 6.52. The summed E-state index contributed by atoms with van der Waals surface area (Å²) in [5.41, 5.74) is 8.91. The van der Waals surface area contributed by atoms with Gasteiger partial charge >= 0.3 is 0 Å². The lowest BCUT2D eigenvalue weighted by Crippen LogP contribution is -2.36. The highest BCUT2D eigenvalue weighted by Gasteiger charge is 2.11. The van der Waals surface area contributed by atoms with Crippen LogP contribution < -0.4 is 11.2 Å². The topological polar surface area (TPSA) is 58.4 Å². The van der Waals surface area contributed by atoms with Crippen LogP contribution in [0.2, 0.25) is 5.02 Å². The van der Waals surface area contributed by atoms with Crippen LogP contribution in [0.3, 0.4) is 0 Å². The Hall–Kier alpha value is -1.26. The van der Waals surface area contributed by atoms with Crippen molar-refractivity contribution in [1.29, 1.82) is 0 Å². The average Bonchev–Trinajstić information content (AvgIpc) is 2.08. The second-order valence-electron chi connectivity index (χ2n) is 3.04. The lowest BCUT2D eigenvalue weighted by molar-refractivity contribution is 0.0858. The highest BCUT2D eigenvalue weighted by Crippen LogP contribution is 2.21. The fourth-order valence-electron chi connectivity index (χ4n) is 0.998. The molecule has 0 radical (unpaired) electrons. The van der Waals surface area contributed by atoms with Crippen molar-refractivity contribution in [3.8, 4) is 0 Å². The Bertz CT molecular complexity index is 352. The fraction of sp³-hybridized carbons (Fsp3) is 0.222. The first kappa shape index (κ1) is 10.8. The van der Waals surface area contributed by atoms with Gasteiger partial charge in [-0.05, 0) is 12.1 Å². The Morgan fingerprint density at radius 3 is 2.71 bits per heavy atom. The van der Waals surface area contributed by atoms with Gasteiger partial charge < -0.3 is 5.73 Å². The molecule has 0 atom stereocenters. The standard InChI is InChI=1S/C9H12ClN3O/c1-13(2)12-9(14)6-4-3-5-7(10)8(6)11/h3-5H,11H2,1-2H3,(H,12,14). The van der Waals surface area contributed by atoms with Crippen molar-refractivity contribution in [3.05, 3.63) is 28.8 Å². The normalized spacial score (nSPS) is 10.3. The predicted molar refractivity (Wildman–Crippen MR) is 57.0 cm³/mol. The predicted octanol–water partition coefficient (Wildman–Crippen LogP) is 1.13. The van der Waals surface area contributed by atoms with Gasteiger partial charge in [0.1, 0.15) is 0 Å². The van der Waals surface area contributed by atoms with Crippen LogP contribution in [0.5, 0.6) is 0 Å². The second kappa shape index (κ2) is 4.30. The lowest BCUT2D eigenvalue weighted by atomic mass is 10.2. The molecular weight excluding hydrogens is 202 g/mol. The summed E-state index contributed by atoms with van der Waals surface area (Å²) in [7, 11) is 3.44. The minimum absolute atomic E-state index is 0.269. The highest BCUT2D eigenvalue weighted by molar-refractivity contribution is 6.33. The van der Waals surface area contributed by atoms with Crippen LogP contribution in [0.1, 0.15) is 10.4 Å². The minimum atomic E-state index is -0.269. The SMILES string of the molecule is CN(C)NC(=O)c1cccc(Cl)c1N. The summed E-state index contributed by atoms with van der Waals surface area (Å²) in [6.07, 6.45) is 0. The molecule has 0 aliphatic rings. The Balaban J connectivity index is 2.96. The molecule has 0 bridgehead atoms. The average molecular weight is 214 g/mol.